The lowest BCUT2D eigenvalue weighted by Crippen LogP contribution is -2.19. The van der Waals surface area contributed by atoms with Crippen molar-refractivity contribution < 1.29 is 4.79 Å². The SMILES string of the molecule is Cn1c(=O)n(C)c2cc(CC(=O)Nc3ccccc3Cl)ccc21. The monoisotopic (exact) mass is 329 g/mol. The number of rotatable bonds is 3. The molecular formula is C17H16ClN3O2. The summed E-state index contributed by atoms with van der Waals surface area (Å²) in [6, 6.07) is 12.7. The van der Waals surface area contributed by atoms with Crippen LogP contribution in [0.4, 0.5) is 5.69 Å². The fraction of sp³-hybridized carbons (Fsp3) is 0.176. The van der Waals surface area contributed by atoms with E-state index in [1.54, 1.807) is 35.4 Å². The van der Waals surface area contributed by atoms with Gasteiger partial charge in [-0.25, -0.2) is 4.79 Å². The van der Waals surface area contributed by atoms with Crippen molar-refractivity contribution in [2.45, 2.75) is 6.42 Å². The maximum absolute atomic E-state index is 12.2. The third kappa shape index (κ3) is 2.87. The summed E-state index contributed by atoms with van der Waals surface area (Å²) in [5, 5.41) is 3.29. The number of para-hydroxylation sites is 1. The number of fused-ring (bicyclic) bond motifs is 1. The number of amides is 1. The van der Waals surface area contributed by atoms with Crippen LogP contribution in [0.15, 0.2) is 47.3 Å². The molecule has 0 atom stereocenters. The Labute approximate surface area is 138 Å². The predicted molar refractivity (Wildman–Crippen MR) is 91.9 cm³/mol. The maximum atomic E-state index is 12.2. The summed E-state index contributed by atoms with van der Waals surface area (Å²) < 4.78 is 3.16. The summed E-state index contributed by atoms with van der Waals surface area (Å²) >= 11 is 6.03. The van der Waals surface area contributed by atoms with Gasteiger partial charge in [-0.2, -0.15) is 0 Å². The highest BCUT2D eigenvalue weighted by Crippen LogP contribution is 2.21. The molecule has 118 valence electrons. The number of carbonyl (C=O) groups is 1. The second kappa shape index (κ2) is 5.93. The third-order valence-corrected chi connectivity index (χ3v) is 4.18. The number of anilines is 1. The molecule has 0 unspecified atom stereocenters. The quantitative estimate of drug-likeness (QED) is 0.803. The topological polar surface area (TPSA) is 56.0 Å². The van der Waals surface area contributed by atoms with Gasteiger partial charge < -0.3 is 5.32 Å². The molecule has 0 saturated carbocycles. The molecule has 0 aliphatic heterocycles. The van der Waals surface area contributed by atoms with Crippen molar-refractivity contribution in [2.75, 3.05) is 5.32 Å². The molecule has 3 rings (SSSR count). The molecule has 0 fully saturated rings. The number of carbonyl (C=O) groups excluding carboxylic acids is 1. The summed E-state index contributed by atoms with van der Waals surface area (Å²) in [6.45, 7) is 0. The molecule has 5 nitrogen and oxygen atoms in total. The van der Waals surface area contributed by atoms with E-state index in [4.69, 9.17) is 11.6 Å². The van der Waals surface area contributed by atoms with Crippen molar-refractivity contribution in [3.05, 3.63) is 63.5 Å². The highest BCUT2D eigenvalue weighted by molar-refractivity contribution is 6.33. The summed E-state index contributed by atoms with van der Waals surface area (Å²) in [5.41, 5.74) is 2.99. The van der Waals surface area contributed by atoms with Crippen LogP contribution in [-0.4, -0.2) is 15.0 Å². The van der Waals surface area contributed by atoms with Crippen molar-refractivity contribution >= 4 is 34.2 Å². The first-order chi connectivity index (χ1) is 11.0. The van der Waals surface area contributed by atoms with Gasteiger partial charge in [-0.05, 0) is 29.8 Å². The lowest BCUT2D eigenvalue weighted by molar-refractivity contribution is -0.115. The molecule has 6 heteroatoms. The molecule has 0 aliphatic carbocycles. The van der Waals surface area contributed by atoms with E-state index in [1.807, 2.05) is 30.3 Å². The molecule has 1 heterocycles. The Kier molecular flexibility index (Phi) is 3.96. The molecule has 0 aliphatic rings. The van der Waals surface area contributed by atoms with Gasteiger partial charge in [0.25, 0.3) is 0 Å². The van der Waals surface area contributed by atoms with Crippen LogP contribution in [-0.2, 0) is 25.3 Å². The smallest absolute Gasteiger partial charge is 0.324 e. The average Bonchev–Trinajstić information content (AvgIpc) is 2.74. The molecule has 0 spiro atoms. The summed E-state index contributed by atoms with van der Waals surface area (Å²) in [5.74, 6) is -0.154. The van der Waals surface area contributed by atoms with Gasteiger partial charge in [0.05, 0.1) is 28.2 Å². The Morgan fingerprint density at radius 3 is 2.52 bits per heavy atom. The number of halogens is 1. The van der Waals surface area contributed by atoms with Gasteiger partial charge in [0, 0.05) is 14.1 Å². The molecular weight excluding hydrogens is 314 g/mol. The van der Waals surface area contributed by atoms with Gasteiger partial charge in [-0.1, -0.05) is 29.8 Å². The van der Waals surface area contributed by atoms with Crippen LogP contribution in [0.2, 0.25) is 5.02 Å². The minimum atomic E-state index is -0.154. The number of imidazole rings is 1. The highest BCUT2D eigenvalue weighted by atomic mass is 35.5. The van der Waals surface area contributed by atoms with Crippen molar-refractivity contribution in [2.24, 2.45) is 14.1 Å². The Bertz CT molecular complexity index is 956. The lowest BCUT2D eigenvalue weighted by atomic mass is 10.1. The standard InChI is InChI=1S/C17H16ClN3O2/c1-20-14-8-7-11(9-15(14)21(2)17(20)23)10-16(22)19-13-6-4-3-5-12(13)18/h3-9H,10H2,1-2H3,(H,19,22). The van der Waals surface area contributed by atoms with Crippen LogP contribution in [0.1, 0.15) is 5.56 Å². The zero-order valence-corrected chi connectivity index (χ0v) is 13.6. The van der Waals surface area contributed by atoms with E-state index in [2.05, 4.69) is 5.32 Å². The number of benzene rings is 2. The van der Waals surface area contributed by atoms with E-state index in [9.17, 15) is 9.59 Å². The van der Waals surface area contributed by atoms with Gasteiger partial charge in [-0.3, -0.25) is 13.9 Å². The molecule has 23 heavy (non-hydrogen) atoms. The van der Waals surface area contributed by atoms with Gasteiger partial charge >= 0.3 is 5.69 Å². The fourth-order valence-electron chi connectivity index (χ4n) is 2.60. The van der Waals surface area contributed by atoms with Gasteiger partial charge in [0.2, 0.25) is 5.91 Å². The van der Waals surface area contributed by atoms with Crippen molar-refractivity contribution in [3.8, 4) is 0 Å². The van der Waals surface area contributed by atoms with E-state index in [-0.39, 0.29) is 18.0 Å². The molecule has 1 amide bonds. The van der Waals surface area contributed by atoms with Crippen LogP contribution in [0, 0.1) is 0 Å². The number of nitrogens with one attached hydrogen (secondary N) is 1. The van der Waals surface area contributed by atoms with E-state index in [1.165, 1.54) is 0 Å². The normalized spacial score (nSPS) is 10.9. The van der Waals surface area contributed by atoms with Crippen molar-refractivity contribution in [3.63, 3.8) is 0 Å². The largest absolute Gasteiger partial charge is 0.328 e. The fourth-order valence-corrected chi connectivity index (χ4v) is 2.79. The number of hydrogen-bond acceptors (Lipinski definition) is 2. The van der Waals surface area contributed by atoms with Crippen molar-refractivity contribution in [1.29, 1.82) is 0 Å². The van der Waals surface area contributed by atoms with E-state index in [0.29, 0.717) is 10.7 Å². The summed E-state index contributed by atoms with van der Waals surface area (Å²) in [4.78, 5) is 24.1. The van der Waals surface area contributed by atoms with Gasteiger partial charge in [0.1, 0.15) is 0 Å². The van der Waals surface area contributed by atoms with Crippen LogP contribution >= 0.6 is 11.6 Å². The second-order valence-electron chi connectivity index (χ2n) is 5.43. The molecule has 0 radical (unpaired) electrons. The highest BCUT2D eigenvalue weighted by Gasteiger charge is 2.11. The number of hydrogen-bond donors (Lipinski definition) is 1. The summed E-state index contributed by atoms with van der Waals surface area (Å²) in [7, 11) is 3.45. The molecule has 1 aromatic heterocycles. The second-order valence-corrected chi connectivity index (χ2v) is 5.84. The Morgan fingerprint density at radius 1 is 1.09 bits per heavy atom. The molecule has 1 N–H and O–H groups in total. The van der Waals surface area contributed by atoms with Crippen LogP contribution in [0.25, 0.3) is 11.0 Å². The van der Waals surface area contributed by atoms with Gasteiger partial charge in [-0.15, -0.1) is 0 Å². The Hall–Kier alpha value is -2.53. The molecule has 2 aromatic carbocycles. The van der Waals surface area contributed by atoms with Crippen LogP contribution in [0.5, 0.6) is 0 Å². The molecule has 0 saturated heterocycles. The zero-order valence-electron chi connectivity index (χ0n) is 12.8. The predicted octanol–water partition coefficient (Wildman–Crippen LogP) is 2.71. The molecule has 0 bridgehead atoms. The zero-order chi connectivity index (χ0) is 16.6. The van der Waals surface area contributed by atoms with Crippen molar-refractivity contribution in [1.82, 2.24) is 9.13 Å². The third-order valence-electron chi connectivity index (χ3n) is 3.85. The van der Waals surface area contributed by atoms with E-state index in [0.717, 1.165) is 16.6 Å². The first-order valence-electron chi connectivity index (χ1n) is 7.16. The van der Waals surface area contributed by atoms with E-state index < -0.39 is 0 Å². The first kappa shape index (κ1) is 15.4. The number of aryl methyl sites for hydroxylation is 2. The van der Waals surface area contributed by atoms with Crippen LogP contribution in [0.3, 0.4) is 0 Å². The lowest BCUT2D eigenvalue weighted by Gasteiger charge is -2.07. The minimum absolute atomic E-state index is 0.0855. The average molecular weight is 330 g/mol. The maximum Gasteiger partial charge on any atom is 0.328 e. The Morgan fingerprint density at radius 2 is 1.78 bits per heavy atom. The number of nitrogens with zero attached hydrogens (tertiary/aromatic N) is 2. The van der Waals surface area contributed by atoms with E-state index >= 15 is 0 Å². The van der Waals surface area contributed by atoms with Gasteiger partial charge in [0.15, 0.2) is 0 Å². The summed E-state index contributed by atoms with van der Waals surface area (Å²) in [6.07, 6.45) is 0.213. The molecule has 3 aromatic rings. The number of aromatic nitrogens is 2. The Balaban J connectivity index is 1.84. The first-order valence-corrected chi connectivity index (χ1v) is 7.54. The van der Waals surface area contributed by atoms with Crippen LogP contribution < -0.4 is 11.0 Å². The minimum Gasteiger partial charge on any atom is -0.324 e.